The number of alkyl carbamates (subject to hydrolysis) is 1. The Morgan fingerprint density at radius 2 is 1.90 bits per heavy atom. The number of ether oxygens (including phenoxy) is 2. The Balaban J connectivity index is 1.41. The van der Waals surface area contributed by atoms with E-state index in [1.807, 2.05) is 24.3 Å². The van der Waals surface area contributed by atoms with E-state index >= 15 is 0 Å². The molecule has 2 heterocycles. The molecule has 9 heteroatoms. The highest BCUT2D eigenvalue weighted by Crippen LogP contribution is 2.31. The molecule has 148 valence electrons. The predicted octanol–water partition coefficient (Wildman–Crippen LogP) is 4.11. The Labute approximate surface area is 175 Å². The largest absolute Gasteiger partial charge is 0.457 e. The average molecular weight is 431 g/mol. The summed E-state index contributed by atoms with van der Waals surface area (Å²) in [6.45, 7) is 0.367. The minimum absolute atomic E-state index is 0.0230. The van der Waals surface area contributed by atoms with Crippen LogP contribution in [-0.2, 0) is 16.0 Å². The molecule has 0 radical (unpaired) electrons. The molecule has 3 amide bonds. The first-order valence-electron chi connectivity index (χ1n) is 8.71. The normalized spacial score (nSPS) is 19.8. The van der Waals surface area contributed by atoms with Gasteiger partial charge in [-0.3, -0.25) is 14.9 Å². The van der Waals surface area contributed by atoms with Gasteiger partial charge in [0, 0.05) is 0 Å². The molecule has 0 saturated carbocycles. The maximum absolute atomic E-state index is 11.6. The molecule has 2 saturated heterocycles. The molecule has 0 aromatic heterocycles. The molecule has 7 nitrogen and oxygen atoms in total. The lowest BCUT2D eigenvalue weighted by Gasteiger charge is -2.10. The quantitative estimate of drug-likeness (QED) is 0.693. The lowest BCUT2D eigenvalue weighted by molar-refractivity contribution is -0.115. The van der Waals surface area contributed by atoms with Crippen LogP contribution < -0.4 is 15.4 Å². The maximum Gasteiger partial charge on any atom is 0.407 e. The molecule has 1 atom stereocenters. The zero-order valence-corrected chi connectivity index (χ0v) is 16.5. The van der Waals surface area contributed by atoms with Crippen LogP contribution in [-0.4, -0.2) is 29.9 Å². The summed E-state index contributed by atoms with van der Waals surface area (Å²) in [4.78, 5) is 34.3. The van der Waals surface area contributed by atoms with Crippen LogP contribution in [0, 0.1) is 0 Å². The molecular weight excluding hydrogens is 416 g/mol. The van der Waals surface area contributed by atoms with Crippen molar-refractivity contribution in [2.24, 2.45) is 0 Å². The van der Waals surface area contributed by atoms with Gasteiger partial charge in [0.1, 0.15) is 18.1 Å². The first-order valence-corrected chi connectivity index (χ1v) is 9.90. The van der Waals surface area contributed by atoms with E-state index < -0.39 is 11.1 Å². The number of carbonyl (C=O) groups excluding carboxylic acids is 3. The Morgan fingerprint density at radius 1 is 1.14 bits per heavy atom. The van der Waals surface area contributed by atoms with Gasteiger partial charge in [0.05, 0.1) is 16.0 Å². The van der Waals surface area contributed by atoms with Crippen LogP contribution in [0.2, 0.25) is 5.02 Å². The highest BCUT2D eigenvalue weighted by molar-refractivity contribution is 8.18. The molecule has 0 aliphatic carbocycles. The maximum atomic E-state index is 11.6. The number of hydrogen-bond donors (Lipinski definition) is 2. The number of amides is 3. The molecule has 2 aliphatic rings. The van der Waals surface area contributed by atoms with Gasteiger partial charge in [-0.2, -0.15) is 0 Å². The number of cyclic esters (lactones) is 1. The molecule has 2 aliphatic heterocycles. The van der Waals surface area contributed by atoms with E-state index in [1.54, 1.807) is 24.3 Å². The first-order chi connectivity index (χ1) is 14.0. The van der Waals surface area contributed by atoms with Crippen LogP contribution in [0.15, 0.2) is 47.4 Å². The van der Waals surface area contributed by atoms with E-state index in [1.165, 1.54) is 0 Å². The Morgan fingerprint density at radius 3 is 2.52 bits per heavy atom. The van der Waals surface area contributed by atoms with Crippen LogP contribution in [0.1, 0.15) is 11.1 Å². The third-order valence-corrected chi connectivity index (χ3v) is 5.42. The molecule has 0 bridgehead atoms. The number of imide groups is 1. The highest BCUT2D eigenvalue weighted by atomic mass is 35.5. The van der Waals surface area contributed by atoms with Crippen LogP contribution in [0.4, 0.5) is 9.59 Å². The van der Waals surface area contributed by atoms with E-state index in [0.29, 0.717) is 40.0 Å². The van der Waals surface area contributed by atoms with Crippen molar-refractivity contribution in [1.29, 1.82) is 0 Å². The number of carbonyl (C=O) groups is 3. The van der Waals surface area contributed by atoms with Crippen molar-refractivity contribution < 1.29 is 23.9 Å². The second-order valence-corrected chi connectivity index (χ2v) is 7.85. The molecule has 2 fully saturated rings. The van der Waals surface area contributed by atoms with Crippen LogP contribution >= 0.6 is 23.4 Å². The monoisotopic (exact) mass is 430 g/mol. The average Bonchev–Trinajstić information content (AvgIpc) is 3.23. The molecule has 0 spiro atoms. The van der Waals surface area contributed by atoms with Crippen molar-refractivity contribution in [1.82, 2.24) is 10.6 Å². The fraction of sp³-hybridized carbons (Fsp3) is 0.150. The highest BCUT2D eigenvalue weighted by Gasteiger charge is 2.25. The zero-order valence-electron chi connectivity index (χ0n) is 14.9. The minimum Gasteiger partial charge on any atom is -0.457 e. The third kappa shape index (κ3) is 4.72. The molecule has 2 aromatic carbocycles. The van der Waals surface area contributed by atoms with Crippen molar-refractivity contribution >= 4 is 46.7 Å². The van der Waals surface area contributed by atoms with Gasteiger partial charge in [-0.05, 0) is 65.7 Å². The Hall–Kier alpha value is -2.97. The summed E-state index contributed by atoms with van der Waals surface area (Å²) in [5.74, 6) is 0.750. The van der Waals surface area contributed by atoms with Crippen molar-refractivity contribution in [3.63, 3.8) is 0 Å². The lowest BCUT2D eigenvalue weighted by Crippen LogP contribution is -2.28. The summed E-state index contributed by atoms with van der Waals surface area (Å²) in [6.07, 6.45) is 1.86. The summed E-state index contributed by atoms with van der Waals surface area (Å²) in [6, 6.07) is 12.6. The summed E-state index contributed by atoms with van der Waals surface area (Å²) < 4.78 is 10.7. The van der Waals surface area contributed by atoms with E-state index in [-0.39, 0.29) is 12.1 Å². The van der Waals surface area contributed by atoms with Crippen molar-refractivity contribution in [3.8, 4) is 11.5 Å². The fourth-order valence-corrected chi connectivity index (χ4v) is 3.80. The van der Waals surface area contributed by atoms with Gasteiger partial charge in [-0.25, -0.2) is 4.79 Å². The second kappa shape index (κ2) is 8.18. The first kappa shape index (κ1) is 19.4. The zero-order chi connectivity index (χ0) is 20.4. The van der Waals surface area contributed by atoms with Crippen LogP contribution in [0.5, 0.6) is 11.5 Å². The van der Waals surface area contributed by atoms with Gasteiger partial charge in [0.2, 0.25) is 0 Å². The van der Waals surface area contributed by atoms with Gasteiger partial charge in [-0.15, -0.1) is 0 Å². The lowest BCUT2D eigenvalue weighted by atomic mass is 10.1. The summed E-state index contributed by atoms with van der Waals surface area (Å²) in [7, 11) is 0. The SMILES string of the molecule is O=C1NC(Cc2ccc(Oc3ccc(/C=C4/SC(=O)NC4=O)c(Cl)c3)cc2)CO1. The van der Waals surface area contributed by atoms with E-state index in [0.717, 1.165) is 17.3 Å². The van der Waals surface area contributed by atoms with Crippen molar-refractivity contribution in [3.05, 3.63) is 63.5 Å². The standard InChI is InChI=1S/C20H15ClN2O5S/c21-16-9-15(6-3-12(16)8-17-18(24)23-20(26)29-17)28-14-4-1-11(2-5-14)7-13-10-27-19(25)22-13/h1-6,8-9,13H,7,10H2,(H,22,25)(H,23,24,26)/b17-8+. The summed E-state index contributed by atoms with van der Waals surface area (Å²) in [5.41, 5.74) is 1.66. The van der Waals surface area contributed by atoms with E-state index in [9.17, 15) is 14.4 Å². The van der Waals surface area contributed by atoms with Crippen LogP contribution in [0.3, 0.4) is 0 Å². The summed E-state index contributed by atoms with van der Waals surface area (Å²) in [5, 5.41) is 4.94. The van der Waals surface area contributed by atoms with Gasteiger partial charge >= 0.3 is 6.09 Å². The Bertz CT molecular complexity index is 1020. The predicted molar refractivity (Wildman–Crippen MR) is 109 cm³/mol. The van der Waals surface area contributed by atoms with Gasteiger partial charge in [0.25, 0.3) is 11.1 Å². The number of thioether (sulfide) groups is 1. The van der Waals surface area contributed by atoms with Crippen molar-refractivity contribution in [2.75, 3.05) is 6.61 Å². The van der Waals surface area contributed by atoms with Gasteiger partial charge < -0.3 is 14.8 Å². The number of hydrogen-bond acceptors (Lipinski definition) is 6. The minimum atomic E-state index is -0.430. The topological polar surface area (TPSA) is 93.7 Å². The number of halogens is 1. The van der Waals surface area contributed by atoms with Gasteiger partial charge in [-0.1, -0.05) is 23.7 Å². The summed E-state index contributed by atoms with van der Waals surface area (Å²) >= 11 is 7.13. The number of nitrogens with one attached hydrogen (secondary N) is 2. The van der Waals surface area contributed by atoms with E-state index in [2.05, 4.69) is 10.6 Å². The molecular formula is C20H15ClN2O5S. The molecule has 2 N–H and O–H groups in total. The Kier molecular flexibility index (Phi) is 5.46. The second-order valence-electron chi connectivity index (χ2n) is 6.43. The van der Waals surface area contributed by atoms with Gasteiger partial charge in [0.15, 0.2) is 0 Å². The van der Waals surface area contributed by atoms with E-state index in [4.69, 9.17) is 21.1 Å². The fourth-order valence-electron chi connectivity index (χ4n) is 2.90. The molecule has 2 aromatic rings. The number of rotatable bonds is 5. The molecule has 29 heavy (non-hydrogen) atoms. The number of benzene rings is 2. The smallest absolute Gasteiger partial charge is 0.407 e. The molecule has 4 rings (SSSR count). The van der Waals surface area contributed by atoms with Crippen molar-refractivity contribution in [2.45, 2.75) is 12.5 Å². The third-order valence-electron chi connectivity index (χ3n) is 4.28. The van der Waals surface area contributed by atoms with Crippen LogP contribution in [0.25, 0.3) is 6.08 Å². The molecule has 1 unspecified atom stereocenters.